The predicted molar refractivity (Wildman–Crippen MR) is 88.6 cm³/mol. The maximum Gasteiger partial charge on any atom is 0.317 e. The molecule has 0 fully saturated rings. The summed E-state index contributed by atoms with van der Waals surface area (Å²) in [5, 5.41) is 9.86. The molecule has 2 rings (SSSR count). The van der Waals surface area contributed by atoms with Gasteiger partial charge < -0.3 is 5.11 Å². The Labute approximate surface area is 138 Å². The van der Waals surface area contributed by atoms with E-state index < -0.39 is 11.2 Å². The third-order valence-electron chi connectivity index (χ3n) is 3.00. The van der Waals surface area contributed by atoms with Gasteiger partial charge >= 0.3 is 5.97 Å². The molecule has 0 aliphatic heterocycles. The highest BCUT2D eigenvalue weighted by atomic mass is 35.5. The summed E-state index contributed by atoms with van der Waals surface area (Å²) in [7, 11) is 0. The van der Waals surface area contributed by atoms with Crippen molar-refractivity contribution >= 4 is 40.9 Å². The minimum atomic E-state index is -0.855. The molecule has 0 spiro atoms. The quantitative estimate of drug-likeness (QED) is 0.770. The highest BCUT2D eigenvalue weighted by Gasteiger charge is 2.20. The number of carboxylic acids is 1. The fourth-order valence-corrected chi connectivity index (χ4v) is 3.32. The van der Waals surface area contributed by atoms with Gasteiger partial charge in [-0.1, -0.05) is 47.0 Å². The molecule has 1 atom stereocenters. The van der Waals surface area contributed by atoms with E-state index in [1.165, 1.54) is 11.8 Å². The maximum atomic E-state index is 11.5. The van der Waals surface area contributed by atoms with E-state index in [9.17, 15) is 9.90 Å². The Hall–Kier alpha value is -1.16. The number of aliphatic carboxylic acids is 1. The zero-order valence-electron chi connectivity index (χ0n) is 11.3. The highest BCUT2D eigenvalue weighted by Crippen LogP contribution is 2.29. The summed E-state index contributed by atoms with van der Waals surface area (Å²) in [5.41, 5.74) is 1.93. The van der Waals surface area contributed by atoms with Gasteiger partial charge in [0, 0.05) is 14.9 Å². The minimum absolute atomic E-state index is 0.351. The molecule has 0 saturated carbocycles. The number of aryl methyl sites for hydroxylation is 1. The standard InChI is InChI=1S/C16H14Cl2O2S/c1-10-2-6-13(7-3-10)21-15(16(19)20)8-11-4-5-12(17)9-14(11)18/h2-7,9,15H,8H2,1H3,(H,19,20)/t15-/m0/s1. The lowest BCUT2D eigenvalue weighted by Crippen LogP contribution is -2.19. The number of thioether (sulfide) groups is 1. The molecule has 2 nitrogen and oxygen atoms in total. The maximum absolute atomic E-state index is 11.5. The first-order chi connectivity index (χ1) is 9.95. The third kappa shape index (κ3) is 4.67. The summed E-state index contributed by atoms with van der Waals surface area (Å²) >= 11 is 13.3. The fourth-order valence-electron chi connectivity index (χ4n) is 1.85. The zero-order chi connectivity index (χ0) is 15.4. The van der Waals surface area contributed by atoms with E-state index in [2.05, 4.69) is 0 Å². The van der Waals surface area contributed by atoms with Crippen LogP contribution in [0.25, 0.3) is 0 Å². The van der Waals surface area contributed by atoms with Crippen molar-refractivity contribution in [1.29, 1.82) is 0 Å². The van der Waals surface area contributed by atoms with Crippen LogP contribution in [0.3, 0.4) is 0 Å². The fraction of sp³-hybridized carbons (Fsp3) is 0.188. The molecule has 5 heteroatoms. The number of benzene rings is 2. The zero-order valence-corrected chi connectivity index (χ0v) is 13.7. The van der Waals surface area contributed by atoms with Crippen molar-refractivity contribution in [2.75, 3.05) is 0 Å². The molecular formula is C16H14Cl2O2S. The molecule has 110 valence electrons. The molecule has 0 saturated heterocycles. The average molecular weight is 341 g/mol. The molecule has 0 heterocycles. The van der Waals surface area contributed by atoms with Crippen molar-refractivity contribution in [2.24, 2.45) is 0 Å². The Kier molecular flexibility index (Phi) is 5.57. The Morgan fingerprint density at radius 3 is 2.43 bits per heavy atom. The first-order valence-electron chi connectivity index (χ1n) is 6.36. The third-order valence-corrected chi connectivity index (χ3v) is 4.78. The van der Waals surface area contributed by atoms with Crippen LogP contribution in [-0.4, -0.2) is 16.3 Å². The molecule has 0 radical (unpaired) electrons. The van der Waals surface area contributed by atoms with Gasteiger partial charge in [-0.3, -0.25) is 4.79 Å². The number of hydrogen-bond acceptors (Lipinski definition) is 2. The second-order valence-corrected chi connectivity index (χ2v) is 6.82. The van der Waals surface area contributed by atoms with Crippen molar-refractivity contribution in [1.82, 2.24) is 0 Å². The van der Waals surface area contributed by atoms with Crippen molar-refractivity contribution in [3.8, 4) is 0 Å². The lowest BCUT2D eigenvalue weighted by molar-refractivity contribution is -0.136. The van der Waals surface area contributed by atoms with Crippen molar-refractivity contribution in [2.45, 2.75) is 23.5 Å². The molecular weight excluding hydrogens is 327 g/mol. The number of carbonyl (C=O) groups is 1. The van der Waals surface area contributed by atoms with Crippen molar-refractivity contribution < 1.29 is 9.90 Å². The summed E-state index contributed by atoms with van der Waals surface area (Å²) in [4.78, 5) is 12.4. The van der Waals surface area contributed by atoms with Crippen molar-refractivity contribution in [3.05, 3.63) is 63.6 Å². The minimum Gasteiger partial charge on any atom is -0.480 e. The van der Waals surface area contributed by atoms with Gasteiger partial charge in [-0.15, -0.1) is 11.8 Å². The highest BCUT2D eigenvalue weighted by molar-refractivity contribution is 8.00. The molecule has 0 bridgehead atoms. The van der Waals surface area contributed by atoms with E-state index in [0.717, 1.165) is 16.0 Å². The van der Waals surface area contributed by atoms with Gasteiger partial charge in [-0.05, 0) is 43.2 Å². The summed E-state index contributed by atoms with van der Waals surface area (Å²) in [5.74, 6) is -0.855. The first-order valence-corrected chi connectivity index (χ1v) is 7.99. The molecule has 21 heavy (non-hydrogen) atoms. The average Bonchev–Trinajstić information content (AvgIpc) is 2.43. The van der Waals surface area contributed by atoms with Crippen LogP contribution in [0.1, 0.15) is 11.1 Å². The largest absolute Gasteiger partial charge is 0.480 e. The van der Waals surface area contributed by atoms with Gasteiger partial charge in [-0.25, -0.2) is 0 Å². The van der Waals surface area contributed by atoms with Crippen LogP contribution >= 0.6 is 35.0 Å². The Bertz CT molecular complexity index is 641. The van der Waals surface area contributed by atoms with E-state index >= 15 is 0 Å². The lowest BCUT2D eigenvalue weighted by atomic mass is 10.1. The van der Waals surface area contributed by atoms with Crippen LogP contribution in [-0.2, 0) is 11.2 Å². The van der Waals surface area contributed by atoms with Crippen LogP contribution in [0.4, 0.5) is 0 Å². The molecule has 0 unspecified atom stereocenters. The summed E-state index contributed by atoms with van der Waals surface area (Å²) < 4.78 is 0. The van der Waals surface area contributed by atoms with Crippen LogP contribution < -0.4 is 0 Å². The summed E-state index contributed by atoms with van der Waals surface area (Å²) in [6.07, 6.45) is 0.351. The van der Waals surface area contributed by atoms with E-state index in [0.29, 0.717) is 16.5 Å². The smallest absolute Gasteiger partial charge is 0.317 e. The number of carboxylic acid groups (broad SMARTS) is 1. The first kappa shape index (κ1) is 16.2. The van der Waals surface area contributed by atoms with Crippen LogP contribution in [0, 0.1) is 6.92 Å². The lowest BCUT2D eigenvalue weighted by Gasteiger charge is -2.13. The molecule has 0 aliphatic carbocycles. The Balaban J connectivity index is 2.15. The second kappa shape index (κ2) is 7.21. The van der Waals surface area contributed by atoms with E-state index in [4.69, 9.17) is 23.2 Å². The molecule has 0 aromatic heterocycles. The molecule has 1 N–H and O–H groups in total. The van der Waals surface area contributed by atoms with Gasteiger partial charge in [0.2, 0.25) is 0 Å². The predicted octanol–water partition coefficient (Wildman–Crippen LogP) is 5.09. The van der Waals surface area contributed by atoms with Gasteiger partial charge in [0.1, 0.15) is 5.25 Å². The SMILES string of the molecule is Cc1ccc(S[C@@H](Cc2ccc(Cl)cc2Cl)C(=O)O)cc1. The Morgan fingerprint density at radius 1 is 1.19 bits per heavy atom. The topological polar surface area (TPSA) is 37.3 Å². The van der Waals surface area contributed by atoms with Crippen molar-refractivity contribution in [3.63, 3.8) is 0 Å². The summed E-state index contributed by atoms with van der Waals surface area (Å²) in [6, 6.07) is 12.9. The monoisotopic (exact) mass is 340 g/mol. The van der Waals surface area contributed by atoms with Crippen LogP contribution in [0.2, 0.25) is 10.0 Å². The van der Waals surface area contributed by atoms with Crippen LogP contribution in [0.15, 0.2) is 47.4 Å². The van der Waals surface area contributed by atoms with Gasteiger partial charge in [0.15, 0.2) is 0 Å². The molecule has 0 aliphatic rings. The normalized spacial score (nSPS) is 12.1. The summed E-state index contributed by atoms with van der Waals surface area (Å²) in [6.45, 7) is 2.00. The molecule has 2 aromatic rings. The van der Waals surface area contributed by atoms with Gasteiger partial charge in [-0.2, -0.15) is 0 Å². The van der Waals surface area contributed by atoms with Gasteiger partial charge in [0.25, 0.3) is 0 Å². The number of hydrogen-bond donors (Lipinski definition) is 1. The number of halogens is 2. The van der Waals surface area contributed by atoms with E-state index in [-0.39, 0.29) is 0 Å². The van der Waals surface area contributed by atoms with E-state index in [1.54, 1.807) is 18.2 Å². The second-order valence-electron chi connectivity index (χ2n) is 4.70. The molecule has 2 aromatic carbocycles. The Morgan fingerprint density at radius 2 is 1.86 bits per heavy atom. The van der Waals surface area contributed by atoms with E-state index in [1.807, 2.05) is 31.2 Å². The number of rotatable bonds is 5. The van der Waals surface area contributed by atoms with Crippen LogP contribution in [0.5, 0.6) is 0 Å². The van der Waals surface area contributed by atoms with Gasteiger partial charge in [0.05, 0.1) is 0 Å². The molecule has 0 amide bonds.